The predicted octanol–water partition coefficient (Wildman–Crippen LogP) is 5.11. The molecule has 4 heteroatoms. The van der Waals surface area contributed by atoms with Gasteiger partial charge in [-0.3, -0.25) is 4.99 Å². The van der Waals surface area contributed by atoms with Crippen LogP contribution in [0.3, 0.4) is 0 Å². The van der Waals surface area contributed by atoms with E-state index in [1.807, 2.05) is 43.3 Å². The standard InChI is InChI=1S/C20H25NO3/c1-3-5-6-13-24-19-10-7-16(20(22)14-19)15-21-17-8-11-18(12-9-17)23-4-2/h7-12,14-15,22H,3-6,13H2,1-2H3. The fourth-order valence-electron chi connectivity index (χ4n) is 2.20. The van der Waals surface area contributed by atoms with Crippen molar-refractivity contribution in [2.45, 2.75) is 33.1 Å². The largest absolute Gasteiger partial charge is 0.507 e. The molecule has 0 fully saturated rings. The second-order valence-corrected chi connectivity index (χ2v) is 5.46. The number of phenols is 1. The van der Waals surface area contributed by atoms with Gasteiger partial charge in [-0.15, -0.1) is 0 Å². The van der Waals surface area contributed by atoms with Crippen LogP contribution in [0, 0.1) is 0 Å². The third kappa shape index (κ3) is 5.61. The molecule has 0 aliphatic rings. The number of nitrogens with zero attached hydrogens (tertiary/aromatic N) is 1. The maximum Gasteiger partial charge on any atom is 0.128 e. The van der Waals surface area contributed by atoms with Crippen LogP contribution >= 0.6 is 0 Å². The highest BCUT2D eigenvalue weighted by Crippen LogP contribution is 2.24. The first-order valence-corrected chi connectivity index (χ1v) is 8.45. The van der Waals surface area contributed by atoms with E-state index in [-0.39, 0.29) is 5.75 Å². The Bertz CT molecular complexity index is 650. The molecule has 2 rings (SSSR count). The Morgan fingerprint density at radius 2 is 1.71 bits per heavy atom. The highest BCUT2D eigenvalue weighted by atomic mass is 16.5. The molecule has 0 aromatic heterocycles. The van der Waals surface area contributed by atoms with Gasteiger partial charge in [0, 0.05) is 17.8 Å². The first kappa shape index (κ1) is 17.9. The Labute approximate surface area is 143 Å². The minimum Gasteiger partial charge on any atom is -0.507 e. The van der Waals surface area contributed by atoms with Crippen LogP contribution in [0.5, 0.6) is 17.2 Å². The topological polar surface area (TPSA) is 51.0 Å². The fourth-order valence-corrected chi connectivity index (χ4v) is 2.20. The molecule has 0 unspecified atom stereocenters. The zero-order valence-electron chi connectivity index (χ0n) is 14.4. The molecular weight excluding hydrogens is 302 g/mol. The Kier molecular flexibility index (Phi) is 7.15. The molecule has 0 saturated heterocycles. The van der Waals surface area contributed by atoms with Crippen LogP contribution in [0.15, 0.2) is 47.5 Å². The predicted molar refractivity (Wildman–Crippen MR) is 98.0 cm³/mol. The Balaban J connectivity index is 1.96. The summed E-state index contributed by atoms with van der Waals surface area (Å²) in [4.78, 5) is 4.37. The Morgan fingerprint density at radius 1 is 0.958 bits per heavy atom. The highest BCUT2D eigenvalue weighted by Gasteiger charge is 2.02. The van der Waals surface area contributed by atoms with Gasteiger partial charge in [-0.2, -0.15) is 0 Å². The summed E-state index contributed by atoms with van der Waals surface area (Å²) in [5, 5.41) is 10.1. The lowest BCUT2D eigenvalue weighted by atomic mass is 10.2. The Hall–Kier alpha value is -2.49. The second kappa shape index (κ2) is 9.60. The van der Waals surface area contributed by atoms with Crippen molar-refractivity contribution < 1.29 is 14.6 Å². The minimum atomic E-state index is 0.165. The summed E-state index contributed by atoms with van der Waals surface area (Å²) in [6, 6.07) is 12.8. The second-order valence-electron chi connectivity index (χ2n) is 5.46. The molecule has 1 N–H and O–H groups in total. The SMILES string of the molecule is CCCCCOc1ccc(C=Nc2ccc(OCC)cc2)c(O)c1. The van der Waals surface area contributed by atoms with E-state index in [9.17, 15) is 5.11 Å². The van der Waals surface area contributed by atoms with Gasteiger partial charge < -0.3 is 14.6 Å². The molecule has 0 amide bonds. The molecule has 0 atom stereocenters. The maximum atomic E-state index is 10.1. The van der Waals surface area contributed by atoms with Crippen molar-refractivity contribution >= 4 is 11.9 Å². The number of hydrogen-bond donors (Lipinski definition) is 1. The van der Waals surface area contributed by atoms with Crippen molar-refractivity contribution in [3.8, 4) is 17.2 Å². The summed E-state index contributed by atoms with van der Waals surface area (Å²) >= 11 is 0. The molecule has 0 aliphatic heterocycles. The molecule has 0 bridgehead atoms. The molecule has 24 heavy (non-hydrogen) atoms. The third-order valence-electron chi connectivity index (χ3n) is 3.52. The molecule has 2 aromatic rings. The van der Waals surface area contributed by atoms with Crippen LogP contribution in [-0.2, 0) is 0 Å². The van der Waals surface area contributed by atoms with Gasteiger partial charge in [0.1, 0.15) is 17.2 Å². The molecule has 0 spiro atoms. The molecule has 128 valence electrons. The van der Waals surface area contributed by atoms with Crippen molar-refractivity contribution in [2.24, 2.45) is 4.99 Å². The van der Waals surface area contributed by atoms with Crippen molar-refractivity contribution in [1.82, 2.24) is 0 Å². The van der Waals surface area contributed by atoms with Gasteiger partial charge in [0.15, 0.2) is 0 Å². The van der Waals surface area contributed by atoms with Crippen LogP contribution in [0.1, 0.15) is 38.7 Å². The van der Waals surface area contributed by atoms with E-state index in [1.165, 1.54) is 0 Å². The fraction of sp³-hybridized carbons (Fsp3) is 0.350. The van der Waals surface area contributed by atoms with E-state index in [0.29, 0.717) is 24.5 Å². The molecule has 4 nitrogen and oxygen atoms in total. The van der Waals surface area contributed by atoms with Crippen LogP contribution in [-0.4, -0.2) is 24.5 Å². The molecule has 0 aliphatic carbocycles. The average Bonchev–Trinajstić information content (AvgIpc) is 2.59. The van der Waals surface area contributed by atoms with Crippen LogP contribution < -0.4 is 9.47 Å². The van der Waals surface area contributed by atoms with E-state index in [2.05, 4.69) is 11.9 Å². The summed E-state index contributed by atoms with van der Waals surface area (Å²) in [5.74, 6) is 1.67. The summed E-state index contributed by atoms with van der Waals surface area (Å²) < 4.78 is 11.0. The van der Waals surface area contributed by atoms with Gasteiger partial charge in [0.05, 0.1) is 18.9 Å². The maximum absolute atomic E-state index is 10.1. The first-order valence-electron chi connectivity index (χ1n) is 8.45. The molecule has 0 saturated carbocycles. The first-order chi connectivity index (χ1) is 11.7. The van der Waals surface area contributed by atoms with Crippen molar-refractivity contribution in [3.05, 3.63) is 48.0 Å². The van der Waals surface area contributed by atoms with Gasteiger partial charge in [0.25, 0.3) is 0 Å². The zero-order chi connectivity index (χ0) is 17.2. The normalized spacial score (nSPS) is 10.9. The number of ether oxygens (including phenoxy) is 2. The summed E-state index contributed by atoms with van der Waals surface area (Å²) in [7, 11) is 0. The number of benzene rings is 2. The lowest BCUT2D eigenvalue weighted by Crippen LogP contribution is -1.97. The van der Waals surface area contributed by atoms with Crippen molar-refractivity contribution in [3.63, 3.8) is 0 Å². The van der Waals surface area contributed by atoms with Crippen molar-refractivity contribution in [1.29, 1.82) is 0 Å². The smallest absolute Gasteiger partial charge is 0.128 e. The van der Waals surface area contributed by atoms with Gasteiger partial charge in [0.2, 0.25) is 0 Å². The van der Waals surface area contributed by atoms with Gasteiger partial charge in [-0.25, -0.2) is 0 Å². The molecule has 0 radical (unpaired) electrons. The summed E-state index contributed by atoms with van der Waals surface area (Å²) in [5.41, 5.74) is 1.46. The minimum absolute atomic E-state index is 0.165. The summed E-state index contributed by atoms with van der Waals surface area (Å²) in [6.07, 6.45) is 4.98. The lowest BCUT2D eigenvalue weighted by Gasteiger charge is -2.07. The summed E-state index contributed by atoms with van der Waals surface area (Å²) in [6.45, 7) is 5.42. The van der Waals surface area contributed by atoms with Crippen LogP contribution in [0.25, 0.3) is 0 Å². The molecular formula is C20H25NO3. The van der Waals surface area contributed by atoms with E-state index in [1.54, 1.807) is 12.3 Å². The van der Waals surface area contributed by atoms with Gasteiger partial charge in [-0.1, -0.05) is 19.8 Å². The number of aliphatic imine (C=N–C) groups is 1. The van der Waals surface area contributed by atoms with Gasteiger partial charge >= 0.3 is 0 Å². The van der Waals surface area contributed by atoms with E-state index in [4.69, 9.17) is 9.47 Å². The van der Waals surface area contributed by atoms with E-state index in [0.717, 1.165) is 30.7 Å². The number of aromatic hydroxyl groups is 1. The molecule has 2 aromatic carbocycles. The quantitative estimate of drug-likeness (QED) is 0.514. The molecule has 0 heterocycles. The van der Waals surface area contributed by atoms with Crippen LogP contribution in [0.4, 0.5) is 5.69 Å². The Morgan fingerprint density at radius 3 is 2.38 bits per heavy atom. The lowest BCUT2D eigenvalue weighted by molar-refractivity contribution is 0.304. The number of phenolic OH excluding ortho intramolecular Hbond substituents is 1. The van der Waals surface area contributed by atoms with Crippen molar-refractivity contribution in [2.75, 3.05) is 13.2 Å². The van der Waals surface area contributed by atoms with E-state index < -0.39 is 0 Å². The van der Waals surface area contributed by atoms with E-state index >= 15 is 0 Å². The van der Waals surface area contributed by atoms with Gasteiger partial charge in [-0.05, 0) is 49.7 Å². The number of rotatable bonds is 9. The third-order valence-corrected chi connectivity index (χ3v) is 3.52. The highest BCUT2D eigenvalue weighted by molar-refractivity contribution is 5.85. The van der Waals surface area contributed by atoms with Crippen LogP contribution in [0.2, 0.25) is 0 Å². The number of hydrogen-bond acceptors (Lipinski definition) is 4. The number of unbranched alkanes of at least 4 members (excludes halogenated alkanes) is 2. The zero-order valence-corrected chi connectivity index (χ0v) is 14.4. The average molecular weight is 327 g/mol. The monoisotopic (exact) mass is 327 g/mol.